The molecule has 0 unspecified atom stereocenters. The molecule has 0 amide bonds. The maximum atomic E-state index is 9.09. The van der Waals surface area contributed by atoms with Crippen molar-refractivity contribution in [2.75, 3.05) is 0 Å². The third-order valence-electron chi connectivity index (χ3n) is 2.09. The summed E-state index contributed by atoms with van der Waals surface area (Å²) in [5, 5.41) is 9.09. The van der Waals surface area contributed by atoms with E-state index in [2.05, 4.69) is 32.0 Å². The lowest BCUT2D eigenvalue weighted by atomic mass is 9.96. The highest BCUT2D eigenvalue weighted by molar-refractivity contribution is 5.32. The Morgan fingerprint density at radius 1 is 1.33 bits per heavy atom. The van der Waals surface area contributed by atoms with Crippen molar-refractivity contribution >= 4 is 0 Å². The Morgan fingerprint density at radius 3 is 2.50 bits per heavy atom. The van der Waals surface area contributed by atoms with Crippen LogP contribution in [-0.2, 0) is 6.61 Å². The van der Waals surface area contributed by atoms with Crippen molar-refractivity contribution < 1.29 is 5.11 Å². The summed E-state index contributed by atoms with van der Waals surface area (Å²) in [6.07, 6.45) is 0. The largest absolute Gasteiger partial charge is 0.392 e. The average Bonchev–Trinajstić information content (AvgIpc) is 2.03. The zero-order chi connectivity index (χ0) is 9.14. The highest BCUT2D eigenvalue weighted by Crippen LogP contribution is 2.20. The predicted molar refractivity (Wildman–Crippen MR) is 51.2 cm³/mol. The van der Waals surface area contributed by atoms with Crippen molar-refractivity contribution in [2.24, 2.45) is 0 Å². The number of rotatable bonds is 2. The third-order valence-corrected chi connectivity index (χ3v) is 2.09. The quantitative estimate of drug-likeness (QED) is 0.712. The van der Waals surface area contributed by atoms with Crippen LogP contribution in [0.2, 0.25) is 0 Å². The fourth-order valence-corrected chi connectivity index (χ4v) is 1.43. The summed E-state index contributed by atoms with van der Waals surface area (Å²) in [5.74, 6) is 0.493. The first-order valence-electron chi connectivity index (χ1n) is 4.35. The minimum absolute atomic E-state index is 0.148. The van der Waals surface area contributed by atoms with E-state index in [0.717, 1.165) is 5.56 Å². The monoisotopic (exact) mass is 164 g/mol. The van der Waals surface area contributed by atoms with Gasteiger partial charge in [-0.25, -0.2) is 0 Å². The molecule has 1 N–H and O–H groups in total. The number of hydrogen-bond donors (Lipinski definition) is 1. The van der Waals surface area contributed by atoms with Crippen LogP contribution in [0.4, 0.5) is 0 Å². The SMILES string of the molecule is Cc1ccc(C(C)C)c(CO)c1. The van der Waals surface area contributed by atoms with Crippen LogP contribution in [0.5, 0.6) is 0 Å². The number of aryl methyl sites for hydroxylation is 1. The lowest BCUT2D eigenvalue weighted by Crippen LogP contribution is -1.96. The van der Waals surface area contributed by atoms with Crippen LogP contribution < -0.4 is 0 Å². The van der Waals surface area contributed by atoms with E-state index in [1.54, 1.807) is 0 Å². The molecule has 0 aliphatic heterocycles. The van der Waals surface area contributed by atoms with E-state index in [4.69, 9.17) is 5.11 Å². The van der Waals surface area contributed by atoms with E-state index in [1.807, 2.05) is 6.92 Å². The summed E-state index contributed by atoms with van der Waals surface area (Å²) in [7, 11) is 0. The first-order valence-corrected chi connectivity index (χ1v) is 4.35. The highest BCUT2D eigenvalue weighted by Gasteiger charge is 2.04. The molecule has 1 aromatic rings. The molecule has 0 spiro atoms. The van der Waals surface area contributed by atoms with Crippen molar-refractivity contribution in [1.82, 2.24) is 0 Å². The summed E-state index contributed by atoms with van der Waals surface area (Å²) in [6.45, 7) is 6.48. The Labute approximate surface area is 74.1 Å². The summed E-state index contributed by atoms with van der Waals surface area (Å²) < 4.78 is 0. The van der Waals surface area contributed by atoms with Crippen molar-refractivity contribution in [1.29, 1.82) is 0 Å². The Kier molecular flexibility index (Phi) is 2.88. The van der Waals surface area contributed by atoms with Crippen LogP contribution in [0.15, 0.2) is 18.2 Å². The molecule has 0 aromatic heterocycles. The van der Waals surface area contributed by atoms with E-state index >= 15 is 0 Å². The van der Waals surface area contributed by atoms with Gasteiger partial charge in [-0.1, -0.05) is 37.6 Å². The Bertz CT molecular complexity index is 264. The van der Waals surface area contributed by atoms with Crippen molar-refractivity contribution in [2.45, 2.75) is 33.3 Å². The zero-order valence-electron chi connectivity index (χ0n) is 7.96. The topological polar surface area (TPSA) is 20.2 Å². The van der Waals surface area contributed by atoms with Crippen LogP contribution in [-0.4, -0.2) is 5.11 Å². The van der Waals surface area contributed by atoms with Crippen molar-refractivity contribution in [3.05, 3.63) is 34.9 Å². The highest BCUT2D eigenvalue weighted by atomic mass is 16.3. The van der Waals surface area contributed by atoms with Gasteiger partial charge in [0.15, 0.2) is 0 Å². The summed E-state index contributed by atoms with van der Waals surface area (Å²) in [6, 6.07) is 6.25. The van der Waals surface area contributed by atoms with Crippen molar-refractivity contribution in [3.63, 3.8) is 0 Å². The van der Waals surface area contributed by atoms with E-state index in [1.165, 1.54) is 11.1 Å². The Balaban J connectivity index is 3.11. The average molecular weight is 164 g/mol. The molecule has 0 heterocycles. The van der Waals surface area contributed by atoms with E-state index in [9.17, 15) is 0 Å². The number of aliphatic hydroxyl groups excluding tert-OH is 1. The zero-order valence-corrected chi connectivity index (χ0v) is 7.96. The summed E-state index contributed by atoms with van der Waals surface area (Å²) >= 11 is 0. The molecule has 1 rings (SSSR count). The number of hydrogen-bond acceptors (Lipinski definition) is 1. The molecule has 66 valence electrons. The second kappa shape index (κ2) is 3.72. The molecule has 0 bridgehead atoms. The predicted octanol–water partition coefficient (Wildman–Crippen LogP) is 2.61. The fourth-order valence-electron chi connectivity index (χ4n) is 1.43. The van der Waals surface area contributed by atoms with E-state index in [-0.39, 0.29) is 6.61 Å². The van der Waals surface area contributed by atoms with E-state index < -0.39 is 0 Å². The summed E-state index contributed by atoms with van der Waals surface area (Å²) in [4.78, 5) is 0. The van der Waals surface area contributed by atoms with Gasteiger partial charge in [0, 0.05) is 0 Å². The Hall–Kier alpha value is -0.820. The van der Waals surface area contributed by atoms with Gasteiger partial charge in [0.05, 0.1) is 6.61 Å². The molecule has 0 aliphatic rings. The molecule has 1 aromatic carbocycles. The van der Waals surface area contributed by atoms with Gasteiger partial charge in [-0.2, -0.15) is 0 Å². The van der Waals surface area contributed by atoms with Gasteiger partial charge in [-0.05, 0) is 24.0 Å². The van der Waals surface area contributed by atoms with Gasteiger partial charge in [0.25, 0.3) is 0 Å². The molecule has 0 saturated carbocycles. The first kappa shape index (κ1) is 9.27. The molecule has 0 fully saturated rings. The third kappa shape index (κ3) is 1.86. The van der Waals surface area contributed by atoms with Gasteiger partial charge >= 0.3 is 0 Å². The summed E-state index contributed by atoms with van der Waals surface area (Å²) in [5.41, 5.74) is 3.52. The standard InChI is InChI=1S/C11H16O/c1-8(2)11-5-4-9(3)6-10(11)7-12/h4-6,8,12H,7H2,1-3H3. The molecule has 0 radical (unpaired) electrons. The maximum Gasteiger partial charge on any atom is 0.0684 e. The molecule has 12 heavy (non-hydrogen) atoms. The molecule has 0 atom stereocenters. The van der Waals surface area contributed by atoms with Crippen molar-refractivity contribution in [3.8, 4) is 0 Å². The molecule has 1 nitrogen and oxygen atoms in total. The van der Waals surface area contributed by atoms with Crippen LogP contribution in [0.25, 0.3) is 0 Å². The van der Waals surface area contributed by atoms with Crippen LogP contribution in [0.1, 0.15) is 36.5 Å². The van der Waals surface area contributed by atoms with E-state index in [0.29, 0.717) is 5.92 Å². The molecule has 0 aliphatic carbocycles. The maximum absolute atomic E-state index is 9.09. The number of benzene rings is 1. The van der Waals surface area contributed by atoms with Crippen LogP contribution >= 0.6 is 0 Å². The Morgan fingerprint density at radius 2 is 2.00 bits per heavy atom. The van der Waals surface area contributed by atoms with Gasteiger partial charge in [-0.3, -0.25) is 0 Å². The lowest BCUT2D eigenvalue weighted by Gasteiger charge is -2.11. The number of aliphatic hydroxyl groups is 1. The van der Waals surface area contributed by atoms with Gasteiger partial charge in [0.2, 0.25) is 0 Å². The normalized spacial score (nSPS) is 10.8. The van der Waals surface area contributed by atoms with Crippen LogP contribution in [0, 0.1) is 6.92 Å². The molecule has 0 saturated heterocycles. The lowest BCUT2D eigenvalue weighted by molar-refractivity contribution is 0.280. The minimum atomic E-state index is 0.148. The fraction of sp³-hybridized carbons (Fsp3) is 0.455. The first-order chi connectivity index (χ1) is 5.65. The minimum Gasteiger partial charge on any atom is -0.392 e. The molecular weight excluding hydrogens is 148 g/mol. The second-order valence-corrected chi connectivity index (χ2v) is 3.52. The molecular formula is C11H16O. The second-order valence-electron chi connectivity index (χ2n) is 3.52. The van der Waals surface area contributed by atoms with Gasteiger partial charge in [0.1, 0.15) is 0 Å². The van der Waals surface area contributed by atoms with Gasteiger partial charge in [-0.15, -0.1) is 0 Å². The molecule has 1 heteroatoms. The smallest absolute Gasteiger partial charge is 0.0684 e. The van der Waals surface area contributed by atoms with Gasteiger partial charge < -0.3 is 5.11 Å². The van der Waals surface area contributed by atoms with Crippen LogP contribution in [0.3, 0.4) is 0 Å².